The maximum Gasteiger partial charge on any atom is 0.124 e. The summed E-state index contributed by atoms with van der Waals surface area (Å²) in [4.78, 5) is 10.4. The Morgan fingerprint density at radius 1 is 1.00 bits per heavy atom. The van der Waals surface area contributed by atoms with Crippen molar-refractivity contribution < 1.29 is 4.79 Å². The van der Waals surface area contributed by atoms with E-state index in [9.17, 15) is 4.79 Å². The van der Waals surface area contributed by atoms with Crippen LogP contribution >= 0.6 is 0 Å². The molecule has 0 aliphatic rings. The molecule has 0 aromatic heterocycles. The Balaban J connectivity index is 2.68. The average Bonchev–Trinajstić information content (AvgIpc) is 2.19. The molecule has 0 fully saturated rings. The quantitative estimate of drug-likeness (QED) is 0.633. The average molecular weight is 170 g/mol. The molecule has 0 amide bonds. The Bertz CT molecular complexity index is 427. The third-order valence-corrected chi connectivity index (χ3v) is 2.18. The lowest BCUT2D eigenvalue weighted by molar-refractivity contribution is -0.107. The van der Waals surface area contributed by atoms with Crippen molar-refractivity contribution in [3.8, 4) is 0 Å². The van der Waals surface area contributed by atoms with E-state index in [1.807, 2.05) is 30.3 Å². The topological polar surface area (TPSA) is 17.1 Å². The Morgan fingerprint density at radius 3 is 2.62 bits per heavy atom. The molecule has 1 heteroatoms. The number of benzene rings is 2. The third-order valence-electron chi connectivity index (χ3n) is 2.18. The zero-order chi connectivity index (χ0) is 9.10. The van der Waals surface area contributed by atoms with E-state index in [1.165, 1.54) is 10.8 Å². The van der Waals surface area contributed by atoms with Crippen LogP contribution < -0.4 is 0 Å². The molecule has 0 N–H and O–H groups in total. The van der Waals surface area contributed by atoms with Gasteiger partial charge in [0.2, 0.25) is 0 Å². The second-order valence-corrected chi connectivity index (χ2v) is 3.01. The van der Waals surface area contributed by atoms with Gasteiger partial charge < -0.3 is 4.79 Å². The first kappa shape index (κ1) is 7.99. The van der Waals surface area contributed by atoms with Crippen LogP contribution in [0.2, 0.25) is 0 Å². The van der Waals surface area contributed by atoms with E-state index in [-0.39, 0.29) is 0 Å². The number of hydrogen-bond acceptors (Lipinski definition) is 1. The van der Waals surface area contributed by atoms with Gasteiger partial charge in [0.15, 0.2) is 0 Å². The predicted octanol–water partition coefficient (Wildman–Crippen LogP) is 2.58. The van der Waals surface area contributed by atoms with Gasteiger partial charge in [-0.05, 0) is 16.3 Å². The highest BCUT2D eigenvalue weighted by Crippen LogP contribution is 2.17. The standard InChI is InChI=1S/C12H10O/c13-9-8-11-6-3-5-10-4-1-2-7-12(10)11/h1-7,9H,8H2. The summed E-state index contributed by atoms with van der Waals surface area (Å²) in [5, 5.41) is 2.37. The van der Waals surface area contributed by atoms with Crippen LogP contribution in [-0.4, -0.2) is 6.29 Å². The highest BCUT2D eigenvalue weighted by molar-refractivity contribution is 5.87. The Morgan fingerprint density at radius 2 is 1.77 bits per heavy atom. The van der Waals surface area contributed by atoms with Gasteiger partial charge in [-0.2, -0.15) is 0 Å². The third kappa shape index (κ3) is 1.45. The van der Waals surface area contributed by atoms with E-state index in [1.54, 1.807) is 0 Å². The van der Waals surface area contributed by atoms with Gasteiger partial charge in [-0.3, -0.25) is 0 Å². The van der Waals surface area contributed by atoms with Gasteiger partial charge in [-0.1, -0.05) is 42.5 Å². The molecule has 0 aliphatic heterocycles. The highest BCUT2D eigenvalue weighted by Gasteiger charge is 1.97. The van der Waals surface area contributed by atoms with Crippen LogP contribution in [0.4, 0.5) is 0 Å². The number of rotatable bonds is 2. The van der Waals surface area contributed by atoms with E-state index >= 15 is 0 Å². The first-order valence-electron chi connectivity index (χ1n) is 4.32. The summed E-state index contributed by atoms with van der Waals surface area (Å²) in [6.07, 6.45) is 1.45. The molecule has 2 rings (SSSR count). The maximum absolute atomic E-state index is 10.4. The predicted molar refractivity (Wildman–Crippen MR) is 53.7 cm³/mol. The first-order chi connectivity index (χ1) is 6.42. The van der Waals surface area contributed by atoms with Gasteiger partial charge in [-0.15, -0.1) is 0 Å². The molecule has 2 aromatic carbocycles. The molecule has 0 spiro atoms. The number of carbonyl (C=O) groups excluding carboxylic acids is 1. The van der Waals surface area contributed by atoms with Crippen LogP contribution in [0.1, 0.15) is 5.56 Å². The summed E-state index contributed by atoms with van der Waals surface area (Å²) < 4.78 is 0. The van der Waals surface area contributed by atoms with Crippen molar-refractivity contribution in [1.82, 2.24) is 0 Å². The van der Waals surface area contributed by atoms with Crippen LogP contribution in [0.5, 0.6) is 0 Å². The molecule has 0 heterocycles. The largest absolute Gasteiger partial charge is 0.303 e. The zero-order valence-corrected chi connectivity index (χ0v) is 7.23. The summed E-state index contributed by atoms with van der Waals surface area (Å²) in [6, 6.07) is 14.2. The van der Waals surface area contributed by atoms with Crippen molar-refractivity contribution >= 4 is 17.1 Å². The van der Waals surface area contributed by atoms with Crippen LogP contribution in [0.3, 0.4) is 0 Å². The van der Waals surface area contributed by atoms with E-state index in [2.05, 4.69) is 12.1 Å². The van der Waals surface area contributed by atoms with Crippen LogP contribution in [0, 0.1) is 0 Å². The van der Waals surface area contributed by atoms with Gasteiger partial charge in [0.1, 0.15) is 6.29 Å². The van der Waals surface area contributed by atoms with Gasteiger partial charge in [0.25, 0.3) is 0 Å². The summed E-state index contributed by atoms with van der Waals surface area (Å²) >= 11 is 0. The second-order valence-electron chi connectivity index (χ2n) is 3.01. The van der Waals surface area contributed by atoms with E-state index in [0.29, 0.717) is 6.42 Å². The normalized spacial score (nSPS) is 10.2. The summed E-state index contributed by atoms with van der Waals surface area (Å²) in [5.74, 6) is 0. The fourth-order valence-corrected chi connectivity index (χ4v) is 1.56. The van der Waals surface area contributed by atoms with Crippen molar-refractivity contribution in [2.24, 2.45) is 0 Å². The maximum atomic E-state index is 10.4. The minimum absolute atomic E-state index is 0.501. The Kier molecular flexibility index (Phi) is 2.09. The van der Waals surface area contributed by atoms with Crippen LogP contribution in [0.25, 0.3) is 10.8 Å². The van der Waals surface area contributed by atoms with Crippen molar-refractivity contribution in [2.45, 2.75) is 6.42 Å². The molecule has 0 unspecified atom stereocenters. The molecule has 2 aromatic rings. The molecule has 0 bridgehead atoms. The SMILES string of the molecule is O=CCc1cccc2ccccc12. The molecule has 0 aliphatic carbocycles. The summed E-state index contributed by atoms with van der Waals surface area (Å²) in [7, 11) is 0. The number of hydrogen-bond donors (Lipinski definition) is 0. The van der Waals surface area contributed by atoms with Gasteiger partial charge in [0, 0.05) is 6.42 Å². The summed E-state index contributed by atoms with van der Waals surface area (Å²) in [5.41, 5.74) is 1.10. The molecule has 13 heavy (non-hydrogen) atoms. The van der Waals surface area contributed by atoms with Gasteiger partial charge in [0.05, 0.1) is 0 Å². The van der Waals surface area contributed by atoms with Gasteiger partial charge >= 0.3 is 0 Å². The van der Waals surface area contributed by atoms with Crippen LogP contribution in [-0.2, 0) is 11.2 Å². The van der Waals surface area contributed by atoms with E-state index in [4.69, 9.17) is 0 Å². The lowest BCUT2D eigenvalue weighted by Gasteiger charge is -2.01. The Hall–Kier alpha value is -1.63. The fraction of sp³-hybridized carbons (Fsp3) is 0.0833. The van der Waals surface area contributed by atoms with E-state index < -0.39 is 0 Å². The minimum atomic E-state index is 0.501. The fourth-order valence-electron chi connectivity index (χ4n) is 1.56. The molecule has 0 atom stereocenters. The lowest BCUT2D eigenvalue weighted by Crippen LogP contribution is -1.86. The van der Waals surface area contributed by atoms with Crippen molar-refractivity contribution in [2.75, 3.05) is 0 Å². The van der Waals surface area contributed by atoms with Gasteiger partial charge in [-0.25, -0.2) is 0 Å². The highest BCUT2D eigenvalue weighted by atomic mass is 16.1. The number of aldehydes is 1. The van der Waals surface area contributed by atoms with Crippen molar-refractivity contribution in [3.05, 3.63) is 48.0 Å². The molecule has 0 saturated carbocycles. The molecule has 0 saturated heterocycles. The first-order valence-corrected chi connectivity index (χ1v) is 4.32. The smallest absolute Gasteiger partial charge is 0.124 e. The second kappa shape index (κ2) is 3.40. The summed E-state index contributed by atoms with van der Waals surface area (Å²) in [6.45, 7) is 0. The minimum Gasteiger partial charge on any atom is -0.303 e. The molecule has 1 nitrogen and oxygen atoms in total. The monoisotopic (exact) mass is 170 g/mol. The zero-order valence-electron chi connectivity index (χ0n) is 7.23. The van der Waals surface area contributed by atoms with Crippen molar-refractivity contribution in [1.29, 1.82) is 0 Å². The van der Waals surface area contributed by atoms with E-state index in [0.717, 1.165) is 11.8 Å². The van der Waals surface area contributed by atoms with Crippen molar-refractivity contribution in [3.63, 3.8) is 0 Å². The van der Waals surface area contributed by atoms with Crippen LogP contribution in [0.15, 0.2) is 42.5 Å². The number of carbonyl (C=O) groups is 1. The lowest BCUT2D eigenvalue weighted by atomic mass is 10.0. The number of fused-ring (bicyclic) bond motifs is 1. The Labute approximate surface area is 77.0 Å². The molecular formula is C12H10O. The molecular weight excluding hydrogens is 160 g/mol. The molecule has 64 valence electrons. The molecule has 0 radical (unpaired) electrons.